The maximum atomic E-state index is 13.8. The average Bonchev–Trinajstić information content (AvgIpc) is 3.53. The van der Waals surface area contributed by atoms with Crippen LogP contribution in [0.15, 0.2) is 47.5 Å². The maximum absolute atomic E-state index is 13.8. The van der Waals surface area contributed by atoms with Crippen molar-refractivity contribution in [2.45, 2.75) is 78.3 Å². The number of nitrogens with zero attached hydrogens (tertiary/aromatic N) is 6. The summed E-state index contributed by atoms with van der Waals surface area (Å²) >= 11 is 0. The van der Waals surface area contributed by atoms with Gasteiger partial charge in [0.05, 0.1) is 6.54 Å². The number of benzene rings is 1. The molecule has 36 heavy (non-hydrogen) atoms. The predicted octanol–water partition coefficient (Wildman–Crippen LogP) is 5.17. The normalized spacial score (nSPS) is 14.4. The molecule has 4 aromatic rings. The summed E-state index contributed by atoms with van der Waals surface area (Å²) in [7, 11) is 0. The van der Waals surface area contributed by atoms with E-state index >= 15 is 0 Å². The largest absolute Gasteiger partial charge is 0.328 e. The number of aromatic amines is 1. The van der Waals surface area contributed by atoms with E-state index in [1.54, 1.807) is 0 Å². The van der Waals surface area contributed by atoms with Crippen molar-refractivity contribution in [3.63, 3.8) is 0 Å². The van der Waals surface area contributed by atoms with Crippen LogP contribution in [-0.4, -0.2) is 34.7 Å². The van der Waals surface area contributed by atoms with Crippen LogP contribution < -0.4 is 5.69 Å². The van der Waals surface area contributed by atoms with Gasteiger partial charge in [0.25, 0.3) is 0 Å². The van der Waals surface area contributed by atoms with Gasteiger partial charge in [-0.25, -0.2) is 4.79 Å². The van der Waals surface area contributed by atoms with Gasteiger partial charge >= 0.3 is 5.69 Å². The second kappa shape index (κ2) is 11.0. The third-order valence-corrected chi connectivity index (χ3v) is 7.57. The molecule has 0 atom stereocenters. The standard InChI is InChI=1S/C28H35N7O/c1-3-4-10-26-20(2)34(18-21-8-6-5-7-9-21)28(36)35(26)19-24-17-29-16-15-25(24)22-11-13-23(14-12-22)27-30-32-33-31-27/h11-17,21H,3-10,18-19H2,1-2H3,(H,30,31,32,33). The van der Waals surface area contributed by atoms with Crippen LogP contribution in [0, 0.1) is 12.8 Å². The Morgan fingerprint density at radius 3 is 2.53 bits per heavy atom. The summed E-state index contributed by atoms with van der Waals surface area (Å²) in [6.07, 6.45) is 13.2. The summed E-state index contributed by atoms with van der Waals surface area (Å²) < 4.78 is 4.05. The van der Waals surface area contributed by atoms with Crippen molar-refractivity contribution >= 4 is 0 Å². The molecule has 0 aliphatic heterocycles. The molecule has 1 N–H and O–H groups in total. The van der Waals surface area contributed by atoms with Crippen LogP contribution in [0.1, 0.15) is 68.8 Å². The minimum Gasteiger partial charge on any atom is -0.296 e. The van der Waals surface area contributed by atoms with E-state index in [-0.39, 0.29) is 5.69 Å². The van der Waals surface area contributed by atoms with Gasteiger partial charge in [-0.1, -0.05) is 56.9 Å². The van der Waals surface area contributed by atoms with E-state index in [4.69, 9.17) is 0 Å². The fourth-order valence-corrected chi connectivity index (χ4v) is 5.51. The molecule has 0 amide bonds. The van der Waals surface area contributed by atoms with Crippen LogP contribution in [0.3, 0.4) is 0 Å². The van der Waals surface area contributed by atoms with Crippen molar-refractivity contribution in [1.29, 1.82) is 0 Å². The van der Waals surface area contributed by atoms with E-state index in [0.717, 1.165) is 53.8 Å². The number of H-pyrrole nitrogens is 1. The molecule has 8 nitrogen and oxygen atoms in total. The number of imidazole rings is 1. The van der Waals surface area contributed by atoms with E-state index in [1.807, 2.05) is 35.2 Å². The number of nitrogens with one attached hydrogen (secondary N) is 1. The molecule has 1 aliphatic carbocycles. The van der Waals surface area contributed by atoms with Gasteiger partial charge in [-0.05, 0) is 66.5 Å². The lowest BCUT2D eigenvalue weighted by atomic mass is 9.89. The first-order chi connectivity index (χ1) is 17.7. The lowest BCUT2D eigenvalue weighted by Gasteiger charge is -2.22. The molecular weight excluding hydrogens is 450 g/mol. The number of hydrogen-bond acceptors (Lipinski definition) is 5. The molecule has 5 rings (SSSR count). The number of tetrazole rings is 1. The second-order valence-corrected chi connectivity index (χ2v) is 9.96. The SMILES string of the molecule is CCCCc1c(C)n(CC2CCCCC2)c(=O)n1Cc1cnccc1-c1ccc(-c2nn[nH]n2)cc1. The van der Waals surface area contributed by atoms with Gasteiger partial charge < -0.3 is 0 Å². The van der Waals surface area contributed by atoms with Crippen molar-refractivity contribution in [3.8, 4) is 22.5 Å². The fraction of sp³-hybridized carbons (Fsp3) is 0.464. The van der Waals surface area contributed by atoms with Crippen LogP contribution in [0.4, 0.5) is 0 Å². The molecular formula is C28H35N7O. The van der Waals surface area contributed by atoms with E-state index in [1.165, 1.54) is 37.8 Å². The zero-order valence-corrected chi connectivity index (χ0v) is 21.3. The summed E-state index contributed by atoms with van der Waals surface area (Å²) in [6.45, 7) is 5.70. The van der Waals surface area contributed by atoms with Gasteiger partial charge in [-0.15, -0.1) is 10.2 Å². The first kappa shape index (κ1) is 24.2. The van der Waals surface area contributed by atoms with Crippen molar-refractivity contribution in [2.75, 3.05) is 0 Å². The fourth-order valence-electron chi connectivity index (χ4n) is 5.51. The highest BCUT2D eigenvalue weighted by Crippen LogP contribution is 2.28. The molecule has 0 saturated heterocycles. The van der Waals surface area contributed by atoms with Crippen LogP contribution >= 0.6 is 0 Å². The highest BCUT2D eigenvalue weighted by molar-refractivity contribution is 5.69. The van der Waals surface area contributed by atoms with E-state index in [0.29, 0.717) is 18.3 Å². The molecule has 0 spiro atoms. The summed E-state index contributed by atoms with van der Waals surface area (Å²) in [5.41, 5.74) is 6.51. The molecule has 0 radical (unpaired) electrons. The Balaban J connectivity index is 1.48. The van der Waals surface area contributed by atoms with Crippen molar-refractivity contribution in [2.24, 2.45) is 5.92 Å². The molecule has 0 unspecified atom stereocenters. The van der Waals surface area contributed by atoms with Gasteiger partial charge in [0.2, 0.25) is 5.82 Å². The Bertz CT molecular complexity index is 1330. The zero-order chi connectivity index (χ0) is 24.9. The maximum Gasteiger partial charge on any atom is 0.328 e. The Hall–Kier alpha value is -3.55. The lowest BCUT2D eigenvalue weighted by Crippen LogP contribution is -2.29. The third kappa shape index (κ3) is 5.03. The minimum atomic E-state index is 0.117. The van der Waals surface area contributed by atoms with Crippen molar-refractivity contribution in [3.05, 3.63) is 70.2 Å². The minimum absolute atomic E-state index is 0.117. The van der Waals surface area contributed by atoms with E-state index in [9.17, 15) is 4.79 Å². The molecule has 8 heteroatoms. The predicted molar refractivity (Wildman–Crippen MR) is 141 cm³/mol. The highest BCUT2D eigenvalue weighted by atomic mass is 16.1. The van der Waals surface area contributed by atoms with E-state index < -0.39 is 0 Å². The Morgan fingerprint density at radius 1 is 1.03 bits per heavy atom. The summed E-state index contributed by atoms with van der Waals surface area (Å²) in [5.74, 6) is 1.18. The topological polar surface area (TPSA) is 94.3 Å². The first-order valence-electron chi connectivity index (χ1n) is 13.2. The second-order valence-electron chi connectivity index (χ2n) is 9.96. The zero-order valence-electron chi connectivity index (χ0n) is 21.3. The molecule has 1 aliphatic rings. The highest BCUT2D eigenvalue weighted by Gasteiger charge is 2.22. The van der Waals surface area contributed by atoms with Crippen LogP contribution in [0.5, 0.6) is 0 Å². The lowest BCUT2D eigenvalue weighted by molar-refractivity contribution is 0.313. The van der Waals surface area contributed by atoms with Gasteiger partial charge in [0, 0.05) is 35.9 Å². The Kier molecular flexibility index (Phi) is 7.39. The summed E-state index contributed by atoms with van der Waals surface area (Å²) in [4.78, 5) is 18.2. The number of pyridine rings is 1. The quantitative estimate of drug-likeness (QED) is 0.353. The monoisotopic (exact) mass is 485 g/mol. The average molecular weight is 486 g/mol. The number of hydrogen-bond donors (Lipinski definition) is 1. The number of unbranched alkanes of at least 4 members (excludes halogenated alkanes) is 1. The molecule has 1 saturated carbocycles. The molecule has 3 heterocycles. The molecule has 1 aromatic carbocycles. The van der Waals surface area contributed by atoms with Gasteiger partial charge in [0.15, 0.2) is 0 Å². The van der Waals surface area contributed by atoms with Crippen molar-refractivity contribution in [1.82, 2.24) is 34.7 Å². The number of rotatable bonds is 9. The molecule has 1 fully saturated rings. The molecule has 0 bridgehead atoms. The van der Waals surface area contributed by atoms with Crippen molar-refractivity contribution < 1.29 is 0 Å². The summed E-state index contributed by atoms with van der Waals surface area (Å²) in [5, 5.41) is 14.3. The smallest absolute Gasteiger partial charge is 0.296 e. The Morgan fingerprint density at radius 2 is 1.81 bits per heavy atom. The van der Waals surface area contributed by atoms with E-state index in [2.05, 4.69) is 56.2 Å². The first-order valence-corrected chi connectivity index (χ1v) is 13.2. The molecule has 188 valence electrons. The van der Waals surface area contributed by atoms with Gasteiger partial charge in [-0.3, -0.25) is 14.1 Å². The number of aromatic nitrogens is 7. The van der Waals surface area contributed by atoms with Crippen LogP contribution in [0.25, 0.3) is 22.5 Å². The van der Waals surface area contributed by atoms with Crippen LogP contribution in [0.2, 0.25) is 0 Å². The molecule has 3 aromatic heterocycles. The van der Waals surface area contributed by atoms with Gasteiger partial charge in [-0.2, -0.15) is 5.21 Å². The van der Waals surface area contributed by atoms with Gasteiger partial charge in [0.1, 0.15) is 0 Å². The van der Waals surface area contributed by atoms with Crippen LogP contribution in [-0.2, 0) is 19.5 Å². The third-order valence-electron chi connectivity index (χ3n) is 7.57. The Labute approximate surface area is 211 Å². The summed E-state index contributed by atoms with van der Waals surface area (Å²) in [6, 6.07) is 10.1.